The number of pyridine rings is 2. The number of piperidine rings is 1. The zero-order valence-corrected chi connectivity index (χ0v) is 36.6. The number of benzene rings is 2. The third-order valence-electron chi connectivity index (χ3n) is 14.7. The molecule has 0 bridgehead atoms. The highest BCUT2D eigenvalue weighted by Crippen LogP contribution is 2.51. The molecule has 10 rings (SSSR count). The number of anilines is 2. The number of hydrogen-bond acceptors (Lipinski definition) is 12. The number of aromatic amines is 1. The minimum Gasteiger partial charge on any atom is -0.455 e. The van der Waals surface area contributed by atoms with Crippen LogP contribution in [-0.2, 0) is 10.0 Å². The van der Waals surface area contributed by atoms with Crippen LogP contribution < -0.4 is 19.7 Å². The summed E-state index contributed by atoms with van der Waals surface area (Å²) in [7, 11) is -4.49. The summed E-state index contributed by atoms with van der Waals surface area (Å²) >= 11 is 0. The number of fused-ring (bicyclic) bond motifs is 1. The van der Waals surface area contributed by atoms with E-state index in [0.29, 0.717) is 48.2 Å². The predicted octanol–water partition coefficient (Wildman–Crippen LogP) is 8.74. The van der Waals surface area contributed by atoms with Crippen LogP contribution in [0.5, 0.6) is 11.5 Å². The number of rotatable bonds is 13. The van der Waals surface area contributed by atoms with E-state index in [4.69, 9.17) is 4.74 Å². The molecule has 5 heterocycles. The monoisotopic (exact) mass is 872 g/mol. The van der Waals surface area contributed by atoms with Gasteiger partial charge >= 0.3 is 0 Å². The first kappa shape index (κ1) is 41.6. The number of ether oxygens (including phenoxy) is 1. The summed E-state index contributed by atoms with van der Waals surface area (Å²) < 4.78 is 35.9. The van der Waals surface area contributed by atoms with Gasteiger partial charge in [0.2, 0.25) is 0 Å². The predicted molar refractivity (Wildman–Crippen MR) is 242 cm³/mol. The maximum Gasteiger partial charge on any atom is 0.268 e. The summed E-state index contributed by atoms with van der Waals surface area (Å²) in [4.78, 5) is 42.3. The van der Waals surface area contributed by atoms with E-state index in [0.717, 1.165) is 81.1 Å². The molecule has 5 aromatic rings. The highest BCUT2D eigenvalue weighted by atomic mass is 32.2. The Hall–Kier alpha value is -5.38. The quantitative estimate of drug-likeness (QED) is 0.0831. The Morgan fingerprint density at radius 1 is 0.937 bits per heavy atom. The molecule has 330 valence electrons. The maximum absolute atomic E-state index is 13.9. The topological polar surface area (TPSA) is 182 Å². The molecule has 5 fully saturated rings. The highest BCUT2D eigenvalue weighted by Gasteiger charge is 2.49. The number of carbonyl (C=O) groups excluding carboxylic acids is 1. The number of nitroso groups, excluding NO2 is 1. The molecule has 2 saturated heterocycles. The van der Waals surface area contributed by atoms with E-state index in [9.17, 15) is 23.2 Å². The summed E-state index contributed by atoms with van der Waals surface area (Å²) in [5, 5.41) is 17.3. The van der Waals surface area contributed by atoms with Crippen LogP contribution in [0.15, 0.2) is 89.3 Å². The van der Waals surface area contributed by atoms with Crippen LogP contribution >= 0.6 is 0 Å². The number of nitrogens with zero attached hydrogens (tertiary/aromatic N) is 5. The molecule has 1 spiro atoms. The van der Waals surface area contributed by atoms with Gasteiger partial charge in [0.05, 0.1) is 17.4 Å². The second kappa shape index (κ2) is 16.6. The van der Waals surface area contributed by atoms with Gasteiger partial charge in [0.25, 0.3) is 15.9 Å². The lowest BCUT2D eigenvalue weighted by atomic mass is 9.70. The summed E-state index contributed by atoms with van der Waals surface area (Å²) in [6.45, 7) is 6.31. The number of likely N-dealkylation sites (tertiary alicyclic amines) is 1. The van der Waals surface area contributed by atoms with E-state index in [-0.39, 0.29) is 33.6 Å². The number of hydrogen-bond donors (Lipinski definition) is 4. The van der Waals surface area contributed by atoms with Crippen molar-refractivity contribution < 1.29 is 23.1 Å². The third kappa shape index (κ3) is 8.67. The lowest BCUT2D eigenvalue weighted by Crippen LogP contribution is -2.63. The van der Waals surface area contributed by atoms with Gasteiger partial charge in [0.15, 0.2) is 11.5 Å². The zero-order valence-electron chi connectivity index (χ0n) is 35.8. The molecule has 2 aromatic carbocycles. The standard InChI is InChI=1S/C48H56N8O6S/c1-47(58)16-13-31(14-17-47)26-50-45-41(53-59)25-36(28-52-45)63(60,61)54-46(57)40-12-11-34(24-43(40)62-35-23-33-15-20-49-44(33)51-27-35)55-21-18-48(19-22-55)29-56(30-48)42-8-4-7-39(42)38-6-3-2-5-37(38)32-9-10-32/h2-3,5-6,11-12,15,20,23-25,27-28,31-32,39,42,58H,4,7-10,13-14,16-19,21-22,26,29-30H2,1H3,(H,49,51)(H,50,52)(H,54,57)/t31-,39-,42-,47-/m0/s1. The van der Waals surface area contributed by atoms with Gasteiger partial charge < -0.3 is 25.0 Å². The van der Waals surface area contributed by atoms with Gasteiger partial charge in [-0.1, -0.05) is 30.7 Å². The van der Waals surface area contributed by atoms with Gasteiger partial charge in [0, 0.05) is 68.3 Å². The van der Waals surface area contributed by atoms with Crippen LogP contribution in [0, 0.1) is 16.2 Å². The number of nitrogens with one attached hydrogen (secondary N) is 3. The van der Waals surface area contributed by atoms with Crippen molar-refractivity contribution in [1.82, 2.24) is 24.6 Å². The first-order valence-corrected chi connectivity index (χ1v) is 24.1. The van der Waals surface area contributed by atoms with E-state index < -0.39 is 21.5 Å². The number of aliphatic hydroxyl groups is 1. The molecule has 0 radical (unpaired) electrons. The van der Waals surface area contributed by atoms with Crippen LogP contribution in [0.25, 0.3) is 11.0 Å². The maximum atomic E-state index is 13.9. The van der Waals surface area contributed by atoms with E-state index in [1.807, 2.05) is 25.1 Å². The number of H-pyrrole nitrogens is 1. The molecule has 3 aromatic heterocycles. The molecule has 2 aliphatic heterocycles. The van der Waals surface area contributed by atoms with Crippen molar-refractivity contribution in [2.24, 2.45) is 16.5 Å². The van der Waals surface area contributed by atoms with Crippen molar-refractivity contribution in [2.45, 2.75) is 106 Å². The van der Waals surface area contributed by atoms with E-state index >= 15 is 0 Å². The number of sulfonamides is 1. The van der Waals surface area contributed by atoms with Crippen molar-refractivity contribution >= 4 is 44.2 Å². The largest absolute Gasteiger partial charge is 0.455 e. The van der Waals surface area contributed by atoms with Gasteiger partial charge in [-0.3, -0.25) is 9.69 Å². The minimum atomic E-state index is -4.49. The molecule has 14 nitrogen and oxygen atoms in total. The molecule has 5 aliphatic rings. The SMILES string of the molecule is C[C@]1(O)CC[C@H](CNc2ncc(S(=O)(=O)NC(=O)c3ccc(N4CCC5(CC4)CN([C@H]4CCC[C@H]4c4ccccc4C4CC4)C5)cc3Oc3cnc4[nH]ccc4c3)cc2N=O)CC1. The molecule has 15 heteroatoms. The normalized spacial score (nSPS) is 24.9. The van der Waals surface area contributed by atoms with Gasteiger partial charge in [-0.25, -0.2) is 23.1 Å². The minimum absolute atomic E-state index is 0.0143. The van der Waals surface area contributed by atoms with Crippen LogP contribution in [0.2, 0.25) is 0 Å². The smallest absolute Gasteiger partial charge is 0.268 e. The fourth-order valence-corrected chi connectivity index (χ4v) is 11.7. The zero-order chi connectivity index (χ0) is 43.3. The average molecular weight is 873 g/mol. The highest BCUT2D eigenvalue weighted by molar-refractivity contribution is 7.90. The Labute approximate surface area is 368 Å². The Balaban J connectivity index is 0.826. The lowest BCUT2D eigenvalue weighted by Gasteiger charge is -2.57. The van der Waals surface area contributed by atoms with Crippen molar-refractivity contribution in [3.05, 3.63) is 101 Å². The van der Waals surface area contributed by atoms with Crippen molar-refractivity contribution in [3.8, 4) is 11.5 Å². The van der Waals surface area contributed by atoms with Crippen LogP contribution in [-0.4, -0.2) is 83.7 Å². The molecule has 1 amide bonds. The second-order valence-electron chi connectivity index (χ2n) is 19.2. The Morgan fingerprint density at radius 3 is 2.48 bits per heavy atom. The lowest BCUT2D eigenvalue weighted by molar-refractivity contribution is -0.0493. The van der Waals surface area contributed by atoms with Gasteiger partial charge in [0.1, 0.15) is 22.0 Å². The van der Waals surface area contributed by atoms with E-state index in [1.165, 1.54) is 32.1 Å². The molecule has 3 saturated carbocycles. The van der Waals surface area contributed by atoms with Gasteiger partial charge in [-0.2, -0.15) is 0 Å². The number of amides is 1. The van der Waals surface area contributed by atoms with Crippen LogP contribution in [0.4, 0.5) is 17.2 Å². The number of aromatic nitrogens is 3. The van der Waals surface area contributed by atoms with Crippen molar-refractivity contribution in [2.75, 3.05) is 42.9 Å². The molecular formula is C48H56N8O6S. The van der Waals surface area contributed by atoms with Crippen LogP contribution in [0.3, 0.4) is 0 Å². The fraction of sp³-hybridized carbons (Fsp3) is 0.479. The first-order chi connectivity index (χ1) is 30.4. The fourth-order valence-electron chi connectivity index (χ4n) is 10.8. The Kier molecular flexibility index (Phi) is 11.0. The van der Waals surface area contributed by atoms with Crippen molar-refractivity contribution in [3.63, 3.8) is 0 Å². The Morgan fingerprint density at radius 2 is 1.71 bits per heavy atom. The summed E-state index contributed by atoms with van der Waals surface area (Å²) in [6, 6.07) is 19.9. The molecule has 4 N–H and O–H groups in total. The molecule has 63 heavy (non-hydrogen) atoms. The Bertz CT molecular complexity index is 2620. The summed E-state index contributed by atoms with van der Waals surface area (Å²) in [6.07, 6.45) is 16.0. The summed E-state index contributed by atoms with van der Waals surface area (Å²) in [5.74, 6) is 1.46. The molecular weight excluding hydrogens is 817 g/mol. The van der Waals surface area contributed by atoms with Gasteiger partial charge in [-0.05, 0) is 141 Å². The second-order valence-corrected chi connectivity index (χ2v) is 20.8. The van der Waals surface area contributed by atoms with Crippen LogP contribution in [0.1, 0.15) is 111 Å². The van der Waals surface area contributed by atoms with Crippen molar-refractivity contribution in [1.29, 1.82) is 0 Å². The van der Waals surface area contributed by atoms with Gasteiger partial charge in [-0.15, -0.1) is 4.91 Å². The molecule has 2 atom stereocenters. The summed E-state index contributed by atoms with van der Waals surface area (Å²) in [5.41, 5.74) is 4.21. The molecule has 3 aliphatic carbocycles. The third-order valence-corrected chi connectivity index (χ3v) is 16.0. The molecule has 0 unspecified atom stereocenters. The van der Waals surface area contributed by atoms with E-state index in [1.54, 1.807) is 35.7 Å². The van der Waals surface area contributed by atoms with E-state index in [2.05, 4.69) is 64.2 Å². The number of carbonyl (C=O) groups is 1. The average Bonchev–Trinajstić information content (AvgIpc) is 3.82. The first-order valence-electron chi connectivity index (χ1n) is 22.6.